The lowest BCUT2D eigenvalue weighted by Crippen LogP contribution is -2.75. The number of esters is 2. The van der Waals surface area contributed by atoms with Gasteiger partial charge in [0.05, 0.1) is 0 Å². The van der Waals surface area contributed by atoms with Crippen LogP contribution in [0.2, 0.25) is 0 Å². The molecule has 5 unspecified atom stereocenters. The number of carbonyl (C=O) groups is 6. The molecule has 1 aromatic rings. The normalized spacial score (nSPS) is 28.6. The molecular formula is C46H54FN7O8. The number of nitrogens with two attached hydrogens (primary N) is 4. The summed E-state index contributed by atoms with van der Waals surface area (Å²) in [5.74, 6) is -5.63. The highest BCUT2D eigenvalue weighted by molar-refractivity contribution is 6.11. The predicted octanol–water partition coefficient (Wildman–Crippen LogP) is 3.94. The molecule has 8 rings (SSSR count). The molecular weight excluding hydrogens is 798 g/mol. The predicted molar refractivity (Wildman–Crippen MR) is 226 cm³/mol. The van der Waals surface area contributed by atoms with Gasteiger partial charge in [-0.05, 0) is 85.1 Å². The number of allylic oxidation sites excluding steroid dienone is 12. The van der Waals surface area contributed by atoms with Crippen LogP contribution in [0.1, 0.15) is 66.2 Å². The number of fused-ring (bicyclic) bond motifs is 4. The summed E-state index contributed by atoms with van der Waals surface area (Å²) < 4.78 is 25.1. The highest BCUT2D eigenvalue weighted by Gasteiger charge is 2.70. The molecule has 0 aromatic heterocycles. The molecule has 1 aromatic carbocycles. The molecule has 4 aliphatic carbocycles. The number of anilines is 1. The van der Waals surface area contributed by atoms with Gasteiger partial charge in [-0.25, -0.2) is 23.6 Å². The molecule has 3 heterocycles. The third-order valence-corrected chi connectivity index (χ3v) is 15.1. The topological polar surface area (TPSA) is 235 Å². The summed E-state index contributed by atoms with van der Waals surface area (Å²) in [6.07, 6.45) is 15.7. The molecule has 3 aliphatic heterocycles. The van der Waals surface area contributed by atoms with Crippen LogP contribution in [-0.2, 0) is 28.7 Å². The van der Waals surface area contributed by atoms with Crippen molar-refractivity contribution in [1.29, 1.82) is 0 Å². The summed E-state index contributed by atoms with van der Waals surface area (Å²) >= 11 is 0. The fourth-order valence-corrected chi connectivity index (χ4v) is 12.9. The number of hydrogen-bond donors (Lipinski definition) is 4. The van der Waals surface area contributed by atoms with Gasteiger partial charge in [-0.1, -0.05) is 76.3 Å². The molecule has 3 fully saturated rings. The molecule has 328 valence electrons. The summed E-state index contributed by atoms with van der Waals surface area (Å²) in [6, 6.07) is 3.93. The minimum absolute atomic E-state index is 0.235. The van der Waals surface area contributed by atoms with Crippen molar-refractivity contribution < 1.29 is 42.6 Å². The van der Waals surface area contributed by atoms with Crippen LogP contribution in [0.3, 0.4) is 0 Å². The maximum atomic E-state index is 14.7. The number of hydrogen-bond acceptors (Lipinski definition) is 11. The fourth-order valence-electron chi connectivity index (χ4n) is 12.9. The number of amides is 4. The lowest BCUT2D eigenvalue weighted by molar-refractivity contribution is -0.173. The van der Waals surface area contributed by atoms with Crippen molar-refractivity contribution in [2.75, 3.05) is 18.0 Å². The highest BCUT2D eigenvalue weighted by atomic mass is 19.1. The first-order valence-corrected chi connectivity index (χ1v) is 21.2. The fraction of sp³-hybridized carbons (Fsp3) is 0.478. The van der Waals surface area contributed by atoms with Crippen LogP contribution >= 0.6 is 0 Å². The average molecular weight is 852 g/mol. The van der Waals surface area contributed by atoms with Gasteiger partial charge in [0.15, 0.2) is 0 Å². The lowest BCUT2D eigenvalue weighted by Gasteiger charge is -2.57. The van der Waals surface area contributed by atoms with Crippen LogP contribution in [0.4, 0.5) is 19.7 Å². The standard InChI is InChI=1S/C46H54FN7O8/c1-43(2,35-25-9-5-10-26(35)23-25)45(37(48)55,39(57)61-41(50)59)52-21-7-13-31(52)33-19-20-34(54(33)30-17-15-29(47)16-18-30)32-14-8-22-53(32)46(38(49)56,40(58)62-42(51)60)44(3,4)36-27-11-6-12-28(36)24-27/h5-6,9-12,15-18,23-24,31-36H,7-8,13-14,19-22H2,1-4H3,(H2,48,55)(H2,49,56)(H2,50,59)(H2,51,60)/t31?,32?,33-,34?,45-,46-/m0/s1. The van der Waals surface area contributed by atoms with Gasteiger partial charge in [-0.15, -0.1) is 0 Å². The summed E-state index contributed by atoms with van der Waals surface area (Å²) in [5.41, 5.74) is 21.0. The number of nitrogens with zero attached hydrogens (tertiary/aromatic N) is 3. The van der Waals surface area contributed by atoms with E-state index in [-0.39, 0.29) is 13.1 Å². The number of rotatable bonds is 13. The molecule has 16 heteroatoms. The van der Waals surface area contributed by atoms with Crippen molar-refractivity contribution >= 4 is 41.6 Å². The zero-order valence-corrected chi connectivity index (χ0v) is 35.3. The SMILES string of the molecule is CC(C)(C1c2cccc1c2)[C@](C(N)=O)(C(=O)OC(N)=O)N1CCCC1C1CC[C@@H](C2CCCN2[C@@](C(N)=O)(C(=O)OC(N)=O)C(C)(C)C2c3cccc2c3)N1c1ccc(F)cc1. The van der Waals surface area contributed by atoms with Crippen molar-refractivity contribution in [3.63, 3.8) is 0 Å². The highest BCUT2D eigenvalue weighted by Crippen LogP contribution is 2.59. The van der Waals surface area contributed by atoms with E-state index in [9.17, 15) is 33.2 Å². The molecule has 8 N–H and O–H groups in total. The molecule has 4 bridgehead atoms. The summed E-state index contributed by atoms with van der Waals surface area (Å²) in [6.45, 7) is 7.58. The molecule has 0 radical (unpaired) electrons. The number of ether oxygens (including phenoxy) is 2. The third-order valence-electron chi connectivity index (χ3n) is 15.1. The van der Waals surface area contributed by atoms with Gasteiger partial charge >= 0.3 is 24.1 Å². The maximum Gasteiger partial charge on any atom is 0.412 e. The number of likely N-dealkylation sites (tertiary alicyclic amines) is 2. The van der Waals surface area contributed by atoms with Gasteiger partial charge in [0.2, 0.25) is 22.9 Å². The molecule has 4 amide bonds. The largest absolute Gasteiger partial charge is 0.412 e. The molecule has 0 spiro atoms. The van der Waals surface area contributed by atoms with E-state index in [1.54, 1.807) is 49.6 Å². The summed E-state index contributed by atoms with van der Waals surface area (Å²) in [7, 11) is 0. The van der Waals surface area contributed by atoms with Gasteiger partial charge in [0.25, 0.3) is 0 Å². The number of benzene rings is 1. The van der Waals surface area contributed by atoms with Gasteiger partial charge in [0, 0.05) is 65.6 Å². The molecule has 3 saturated heterocycles. The number of halogens is 1. The van der Waals surface area contributed by atoms with Crippen molar-refractivity contribution in [2.45, 2.75) is 101 Å². The summed E-state index contributed by atoms with van der Waals surface area (Å²) in [5, 5.41) is 0. The van der Waals surface area contributed by atoms with Crippen molar-refractivity contribution in [3.8, 4) is 0 Å². The Morgan fingerprint density at radius 3 is 1.32 bits per heavy atom. The van der Waals surface area contributed by atoms with Crippen LogP contribution < -0.4 is 27.8 Å². The van der Waals surface area contributed by atoms with Crippen LogP contribution in [0.5, 0.6) is 0 Å². The minimum Gasteiger partial charge on any atom is -0.375 e. The van der Waals surface area contributed by atoms with E-state index < -0.39 is 99.7 Å². The Bertz CT molecular complexity index is 2170. The Labute approximate surface area is 359 Å². The first kappa shape index (κ1) is 42.8. The second-order valence-electron chi connectivity index (χ2n) is 18.6. The Kier molecular flexibility index (Phi) is 10.5. The van der Waals surface area contributed by atoms with Crippen molar-refractivity contribution in [2.24, 2.45) is 45.6 Å². The second-order valence-corrected chi connectivity index (χ2v) is 18.6. The Morgan fingerprint density at radius 2 is 1.00 bits per heavy atom. The van der Waals surface area contributed by atoms with E-state index in [2.05, 4.69) is 4.90 Å². The quantitative estimate of drug-likeness (QED) is 0.164. The van der Waals surface area contributed by atoms with E-state index in [0.29, 0.717) is 44.2 Å². The van der Waals surface area contributed by atoms with E-state index >= 15 is 0 Å². The molecule has 62 heavy (non-hydrogen) atoms. The number of primary amides is 4. The monoisotopic (exact) mass is 851 g/mol. The minimum atomic E-state index is -2.20. The zero-order chi connectivity index (χ0) is 44.7. The number of carbonyl (C=O) groups excluding carboxylic acids is 6. The van der Waals surface area contributed by atoms with E-state index in [0.717, 1.165) is 22.3 Å². The maximum absolute atomic E-state index is 14.7. The van der Waals surface area contributed by atoms with Gasteiger partial charge in [-0.2, -0.15) is 0 Å². The van der Waals surface area contributed by atoms with Gasteiger partial charge in [-0.3, -0.25) is 19.4 Å². The first-order chi connectivity index (χ1) is 29.3. The van der Waals surface area contributed by atoms with Crippen LogP contribution in [0.25, 0.3) is 0 Å². The van der Waals surface area contributed by atoms with Crippen LogP contribution in [0.15, 0.2) is 95.2 Å². The van der Waals surface area contributed by atoms with Crippen molar-refractivity contribution in [3.05, 3.63) is 101 Å². The summed E-state index contributed by atoms with van der Waals surface area (Å²) in [4.78, 5) is 88.4. The van der Waals surface area contributed by atoms with Gasteiger partial charge in [0.1, 0.15) is 5.82 Å². The van der Waals surface area contributed by atoms with Gasteiger partial charge < -0.3 is 37.3 Å². The van der Waals surface area contributed by atoms with E-state index in [1.165, 1.54) is 12.1 Å². The zero-order valence-electron chi connectivity index (χ0n) is 35.3. The van der Waals surface area contributed by atoms with E-state index in [1.807, 2.05) is 48.6 Å². The Morgan fingerprint density at radius 1 is 0.597 bits per heavy atom. The molecule has 8 atom stereocenters. The Hall–Kier alpha value is -5.87. The van der Waals surface area contributed by atoms with Crippen molar-refractivity contribution in [1.82, 2.24) is 9.80 Å². The molecule has 15 nitrogen and oxygen atoms in total. The molecule has 7 aliphatic rings. The molecule has 0 saturated carbocycles. The first-order valence-electron chi connectivity index (χ1n) is 21.2. The second kappa shape index (κ2) is 15.2. The van der Waals surface area contributed by atoms with Crippen LogP contribution in [0, 0.1) is 28.5 Å². The third kappa shape index (κ3) is 6.03. The average Bonchev–Trinajstić information content (AvgIpc) is 3.95. The van der Waals surface area contributed by atoms with Crippen LogP contribution in [-0.4, -0.2) is 94.1 Å². The smallest absolute Gasteiger partial charge is 0.375 e. The van der Waals surface area contributed by atoms with E-state index in [4.69, 9.17) is 32.4 Å². The lowest BCUT2D eigenvalue weighted by atomic mass is 9.54. The Balaban J connectivity index is 1.24.